The van der Waals surface area contributed by atoms with E-state index in [9.17, 15) is 19.2 Å². The minimum atomic E-state index is -0.0288. The Morgan fingerprint density at radius 2 is 0.989 bits per heavy atom. The minimum Gasteiger partial charge on any atom is -0.385 e. The molecule has 19 heteroatoms. The van der Waals surface area contributed by atoms with Gasteiger partial charge in [-0.05, 0) is 194 Å². The molecule has 5 aromatic rings. The second-order valence-corrected chi connectivity index (χ2v) is 27.2. The maximum atomic E-state index is 13.4. The van der Waals surface area contributed by atoms with Crippen LogP contribution < -0.4 is 20.9 Å². The number of carbonyl (C=O) groups is 4. The Kier molecular flexibility index (Phi) is 24.7. The van der Waals surface area contributed by atoms with E-state index in [1.54, 1.807) is 12.4 Å². The van der Waals surface area contributed by atoms with Crippen molar-refractivity contribution in [3.8, 4) is 0 Å². The first-order chi connectivity index (χ1) is 42.4. The van der Waals surface area contributed by atoms with E-state index in [-0.39, 0.29) is 38.6 Å². The first-order valence-electron chi connectivity index (χ1n) is 32.4. The van der Waals surface area contributed by atoms with E-state index in [0.29, 0.717) is 58.6 Å². The van der Waals surface area contributed by atoms with Crippen LogP contribution in [0.1, 0.15) is 136 Å². The van der Waals surface area contributed by atoms with Crippen molar-refractivity contribution in [2.24, 2.45) is 41.4 Å². The third kappa shape index (κ3) is 16.9. The molecule has 12 rings (SSSR count). The number of anilines is 2. The molecule has 6 saturated heterocycles. The number of hydrogen-bond acceptors (Lipinski definition) is 12. The van der Waals surface area contributed by atoms with Crippen LogP contribution >= 0.6 is 23.2 Å². The molecule has 9 heterocycles. The molecule has 7 aliphatic rings. The fourth-order valence-corrected chi connectivity index (χ4v) is 15.2. The Morgan fingerprint density at radius 1 is 0.533 bits per heavy atom. The number of aromatic nitrogens is 4. The number of benzene rings is 2. The Balaban J connectivity index is 0.000000184. The van der Waals surface area contributed by atoms with Gasteiger partial charge in [0.25, 0.3) is 17.7 Å². The molecule has 0 spiro atoms. The predicted molar refractivity (Wildman–Crippen MR) is 364 cm³/mol. The SMILES string of the molecule is C.C.Cc1ccc(N(CCCN2CC3CN(C(=O)c4c(C)ccnc4C)CC3C2)C(=O)NCC2CCCCC2)cc1Cl.Cc1ccc(NCCCN2CC3CN(C(=O)c4c(C)ccnc4C)CC3C2)cc1Cl.Cc1ncnc(C)c1C(=O)N1CC2CNCC2C1. The van der Waals surface area contributed by atoms with Gasteiger partial charge in [0.2, 0.25) is 0 Å². The summed E-state index contributed by atoms with van der Waals surface area (Å²) in [6.07, 6.45) is 13.3. The van der Waals surface area contributed by atoms with Crippen LogP contribution in [-0.2, 0) is 0 Å². The van der Waals surface area contributed by atoms with E-state index in [1.807, 2.05) is 117 Å². The molecular formula is C71H101Cl2N13O4. The van der Waals surface area contributed by atoms with Crippen LogP contribution in [0.3, 0.4) is 0 Å². The third-order valence-corrected chi connectivity index (χ3v) is 20.7. The number of likely N-dealkylation sites (tertiary alicyclic amines) is 5. The summed E-state index contributed by atoms with van der Waals surface area (Å²) in [5.74, 6) is 4.40. The average Bonchev–Trinajstić information content (AvgIpc) is 1.99. The molecule has 5 amide bonds. The van der Waals surface area contributed by atoms with E-state index in [0.717, 1.165) is 190 Å². The van der Waals surface area contributed by atoms with Crippen LogP contribution in [-0.4, -0.2) is 179 Å². The highest BCUT2D eigenvalue weighted by molar-refractivity contribution is 6.32. The second kappa shape index (κ2) is 31.9. The van der Waals surface area contributed by atoms with Gasteiger partial charge < -0.3 is 40.4 Å². The van der Waals surface area contributed by atoms with Gasteiger partial charge in [-0.25, -0.2) is 14.8 Å². The molecule has 0 radical (unpaired) electrons. The number of nitrogens with one attached hydrogen (secondary N) is 3. The summed E-state index contributed by atoms with van der Waals surface area (Å²) in [4.78, 5) is 82.1. The van der Waals surface area contributed by atoms with E-state index in [2.05, 4.69) is 51.8 Å². The van der Waals surface area contributed by atoms with Crippen LogP contribution in [0.4, 0.5) is 16.2 Å². The van der Waals surface area contributed by atoms with Crippen molar-refractivity contribution < 1.29 is 19.2 Å². The van der Waals surface area contributed by atoms with Crippen LogP contribution in [0.25, 0.3) is 0 Å². The number of carbonyl (C=O) groups excluding carboxylic acids is 4. The summed E-state index contributed by atoms with van der Waals surface area (Å²) < 4.78 is 0. The topological polar surface area (TPSA) is 175 Å². The quantitative estimate of drug-likeness (QED) is 0.0847. The number of fused-ring (bicyclic) bond motifs is 3. The Bertz CT molecular complexity index is 3190. The molecule has 3 N–H and O–H groups in total. The summed E-state index contributed by atoms with van der Waals surface area (Å²) in [6, 6.07) is 15.8. The average molecular weight is 1270 g/mol. The maximum absolute atomic E-state index is 13.4. The molecule has 7 fully saturated rings. The number of urea groups is 1. The highest BCUT2D eigenvalue weighted by Gasteiger charge is 2.44. The van der Waals surface area contributed by atoms with Gasteiger partial charge in [0, 0.05) is 132 Å². The number of aryl methyl sites for hydroxylation is 8. The van der Waals surface area contributed by atoms with Crippen molar-refractivity contribution in [2.75, 3.05) is 121 Å². The smallest absolute Gasteiger partial charge is 0.321 e. The zero-order valence-electron chi connectivity index (χ0n) is 53.2. The number of halogens is 2. The molecule has 6 unspecified atom stereocenters. The lowest BCUT2D eigenvalue weighted by molar-refractivity contribution is 0.0764. The number of amides is 5. The Hall–Kier alpha value is -6.24. The second-order valence-electron chi connectivity index (χ2n) is 26.3. The van der Waals surface area contributed by atoms with Gasteiger partial charge in [0.1, 0.15) is 6.33 Å². The molecule has 17 nitrogen and oxygen atoms in total. The van der Waals surface area contributed by atoms with Crippen molar-refractivity contribution in [3.63, 3.8) is 0 Å². The Morgan fingerprint density at radius 3 is 1.48 bits per heavy atom. The lowest BCUT2D eigenvalue weighted by Gasteiger charge is -2.28. The van der Waals surface area contributed by atoms with E-state index in [1.165, 1.54) is 38.4 Å². The normalized spacial score (nSPS) is 21.9. The van der Waals surface area contributed by atoms with Gasteiger partial charge in [0.05, 0.1) is 39.5 Å². The predicted octanol–water partition coefficient (Wildman–Crippen LogP) is 11.7. The highest BCUT2D eigenvalue weighted by atomic mass is 35.5. The molecule has 1 saturated carbocycles. The van der Waals surface area contributed by atoms with Crippen molar-refractivity contribution in [2.45, 2.75) is 115 Å². The van der Waals surface area contributed by atoms with Gasteiger partial charge in [-0.15, -0.1) is 0 Å². The molecular weight excluding hydrogens is 1170 g/mol. The van der Waals surface area contributed by atoms with Gasteiger partial charge in [0.15, 0.2) is 0 Å². The highest BCUT2D eigenvalue weighted by Crippen LogP contribution is 2.35. The minimum absolute atomic E-state index is 0. The number of nitrogens with zero attached hydrogens (tertiary/aromatic N) is 10. The van der Waals surface area contributed by atoms with E-state index in [4.69, 9.17) is 23.2 Å². The van der Waals surface area contributed by atoms with Crippen LogP contribution in [0.5, 0.6) is 0 Å². The van der Waals surface area contributed by atoms with Crippen molar-refractivity contribution in [3.05, 3.63) is 139 Å². The van der Waals surface area contributed by atoms with E-state index < -0.39 is 0 Å². The Labute approximate surface area is 546 Å². The lowest BCUT2D eigenvalue weighted by atomic mass is 9.89. The standard InChI is InChI=1S/C32H44ClN5O2.C24H31ClN4O.C13H18N4O.2CH4/c1-22-10-11-28(16-29(22)33)38(32(40)35-17-25-8-5-4-6-9-25)15-7-14-36-18-26-20-37(21-27(26)19-36)31(39)30-23(2)12-13-34-24(30)3;1-16-5-6-21(11-22(16)25)27-8-4-10-28-12-19-14-29(15-20(19)13-28)24(30)23-17(2)7-9-26-18(23)3;1-8-12(9(2)16-7-15-8)13(18)17-5-10-3-14-4-11(10)6-17;;/h10-13,16,25-27H,4-9,14-15,17-21H2,1-3H3,(H,35,40);5-7,9,11,19-20,27H,4,8,10,12-15H2,1-3H3;7,10-11,14H,3-6H2,1-2H3;2*1H4. The fraction of sp³-hybridized carbons (Fsp3) is 0.577. The van der Waals surface area contributed by atoms with E-state index >= 15 is 0 Å². The molecule has 488 valence electrons. The molecule has 1 aliphatic carbocycles. The molecule has 6 atom stereocenters. The van der Waals surface area contributed by atoms with Gasteiger partial charge in [-0.1, -0.05) is 69.5 Å². The summed E-state index contributed by atoms with van der Waals surface area (Å²) in [5, 5.41) is 11.6. The first kappa shape index (κ1) is 69.6. The summed E-state index contributed by atoms with van der Waals surface area (Å²) >= 11 is 12.6. The zero-order valence-corrected chi connectivity index (χ0v) is 54.7. The largest absolute Gasteiger partial charge is 0.385 e. The maximum Gasteiger partial charge on any atom is 0.321 e. The molecule has 6 aliphatic heterocycles. The third-order valence-electron chi connectivity index (χ3n) is 19.9. The fourth-order valence-electron chi connectivity index (χ4n) is 14.8. The molecule has 3 aromatic heterocycles. The van der Waals surface area contributed by atoms with Gasteiger partial charge >= 0.3 is 6.03 Å². The number of pyridine rings is 2. The lowest BCUT2D eigenvalue weighted by Crippen LogP contribution is -2.43. The summed E-state index contributed by atoms with van der Waals surface area (Å²) in [5.41, 5.74) is 11.5. The monoisotopic (exact) mass is 1270 g/mol. The molecule has 2 aromatic carbocycles. The van der Waals surface area contributed by atoms with Crippen LogP contribution in [0.2, 0.25) is 10.0 Å². The molecule has 90 heavy (non-hydrogen) atoms. The van der Waals surface area contributed by atoms with Crippen molar-refractivity contribution in [1.82, 2.24) is 55.1 Å². The van der Waals surface area contributed by atoms with Crippen molar-refractivity contribution >= 4 is 58.3 Å². The summed E-state index contributed by atoms with van der Waals surface area (Å²) in [6.45, 7) is 31.3. The van der Waals surface area contributed by atoms with Crippen LogP contribution in [0.15, 0.2) is 67.3 Å². The number of rotatable bonds is 15. The first-order valence-corrected chi connectivity index (χ1v) is 33.1. The zero-order chi connectivity index (χ0) is 62.2. The molecule has 0 bridgehead atoms. The van der Waals surface area contributed by atoms with Gasteiger partial charge in [-0.2, -0.15) is 0 Å². The summed E-state index contributed by atoms with van der Waals surface area (Å²) in [7, 11) is 0. The number of hydrogen-bond donors (Lipinski definition) is 3. The van der Waals surface area contributed by atoms with Crippen LogP contribution in [0, 0.1) is 96.8 Å². The van der Waals surface area contributed by atoms with Gasteiger partial charge in [-0.3, -0.25) is 29.3 Å². The van der Waals surface area contributed by atoms with Crippen molar-refractivity contribution in [1.29, 1.82) is 0 Å².